The number of carbonyl (C=O) groups is 1. The minimum absolute atomic E-state index is 0.00110. The number of hydrogen-bond acceptors (Lipinski definition) is 14. The molecular weight excluding hydrogens is 510 g/mol. The molecule has 1 fully saturated rings. The SMILES string of the molecule is COc1c(O)c2c(c(O)c1OC)C(=O)C(O)(C(O)(O)C1CCN(Cc3c(O)c(O)c(O)c(O)c3O)CC1)C2. The van der Waals surface area contributed by atoms with Crippen LogP contribution in [0.4, 0.5) is 0 Å². The Labute approximate surface area is 215 Å². The van der Waals surface area contributed by atoms with Gasteiger partial charge in [-0.2, -0.15) is 0 Å². The molecule has 14 heteroatoms. The number of benzene rings is 2. The van der Waals surface area contributed by atoms with Crippen LogP contribution < -0.4 is 9.47 Å². The van der Waals surface area contributed by atoms with Gasteiger partial charge >= 0.3 is 0 Å². The van der Waals surface area contributed by atoms with Crippen molar-refractivity contribution in [3.63, 3.8) is 0 Å². The average molecular weight is 539 g/mol. The van der Waals surface area contributed by atoms with Crippen molar-refractivity contribution >= 4 is 5.78 Å². The second-order valence-corrected chi connectivity index (χ2v) is 9.48. The van der Waals surface area contributed by atoms with Gasteiger partial charge in [-0.25, -0.2) is 0 Å². The molecule has 0 bridgehead atoms. The molecule has 14 nitrogen and oxygen atoms in total. The van der Waals surface area contributed by atoms with Crippen molar-refractivity contribution in [2.45, 2.75) is 37.2 Å². The zero-order valence-electron chi connectivity index (χ0n) is 20.5. The number of piperidine rings is 1. The number of aliphatic hydroxyl groups is 3. The molecule has 208 valence electrons. The summed E-state index contributed by atoms with van der Waals surface area (Å²) in [5, 5.41) is 104. The maximum atomic E-state index is 13.2. The van der Waals surface area contributed by atoms with E-state index in [2.05, 4.69) is 0 Å². The predicted molar refractivity (Wildman–Crippen MR) is 126 cm³/mol. The average Bonchev–Trinajstić information content (AvgIpc) is 3.18. The highest BCUT2D eigenvalue weighted by Gasteiger charge is 2.63. The van der Waals surface area contributed by atoms with Crippen molar-refractivity contribution in [2.24, 2.45) is 5.92 Å². The highest BCUT2D eigenvalue weighted by atomic mass is 16.5. The number of hydrogen-bond donors (Lipinski definition) is 10. The summed E-state index contributed by atoms with van der Waals surface area (Å²) in [5.41, 5.74) is -3.87. The first-order valence-corrected chi connectivity index (χ1v) is 11.5. The van der Waals surface area contributed by atoms with Gasteiger partial charge in [-0.15, -0.1) is 0 Å². The lowest BCUT2D eigenvalue weighted by Crippen LogP contribution is -2.63. The molecule has 0 radical (unpaired) electrons. The number of likely N-dealkylation sites (tertiary alicyclic amines) is 1. The third kappa shape index (κ3) is 3.67. The van der Waals surface area contributed by atoms with E-state index in [9.17, 15) is 55.9 Å². The van der Waals surface area contributed by atoms with Gasteiger partial charge in [0.1, 0.15) is 0 Å². The molecule has 1 unspecified atom stereocenters. The van der Waals surface area contributed by atoms with Crippen molar-refractivity contribution in [1.29, 1.82) is 0 Å². The minimum Gasteiger partial charge on any atom is -0.504 e. The standard InChI is InChI=1S/C24H29NO13/c1-37-20-15(28)10-7-23(34,22(33)12(10)16(29)21(20)38-2)24(35,36)9-3-5-25(6-4-9)8-11-13(26)17(30)19(32)18(31)14(11)27/h9,26-32,34-36H,3-8H2,1-2H3. The zero-order chi connectivity index (χ0) is 28.3. The van der Waals surface area contributed by atoms with E-state index in [1.54, 1.807) is 4.90 Å². The van der Waals surface area contributed by atoms with Crippen LogP contribution in [0.1, 0.15) is 34.3 Å². The third-order valence-electron chi connectivity index (χ3n) is 7.52. The van der Waals surface area contributed by atoms with Crippen LogP contribution in [-0.4, -0.2) is 100 Å². The molecule has 0 amide bonds. The summed E-state index contributed by atoms with van der Waals surface area (Å²) in [6.45, 7) is -0.0000193. The van der Waals surface area contributed by atoms with Crippen LogP contribution in [0, 0.1) is 5.92 Å². The summed E-state index contributed by atoms with van der Waals surface area (Å²) < 4.78 is 10.0. The van der Waals surface area contributed by atoms with E-state index < -0.39 is 75.3 Å². The van der Waals surface area contributed by atoms with Gasteiger partial charge in [0.05, 0.1) is 25.3 Å². The van der Waals surface area contributed by atoms with Crippen LogP contribution in [0.2, 0.25) is 0 Å². The molecule has 1 saturated heterocycles. The van der Waals surface area contributed by atoms with E-state index in [1.807, 2.05) is 0 Å². The van der Waals surface area contributed by atoms with Gasteiger partial charge in [0.15, 0.2) is 28.6 Å². The number of ketones is 1. The number of rotatable bonds is 6. The number of methoxy groups -OCH3 is 2. The lowest BCUT2D eigenvalue weighted by atomic mass is 9.76. The molecule has 1 atom stereocenters. The van der Waals surface area contributed by atoms with E-state index in [-0.39, 0.29) is 55.1 Å². The van der Waals surface area contributed by atoms with Crippen LogP contribution in [-0.2, 0) is 13.0 Å². The summed E-state index contributed by atoms with van der Waals surface area (Å²) in [7, 11) is 2.34. The van der Waals surface area contributed by atoms with Crippen LogP contribution in [0.25, 0.3) is 0 Å². The van der Waals surface area contributed by atoms with Crippen molar-refractivity contribution < 1.29 is 65.3 Å². The molecule has 1 heterocycles. The van der Waals surface area contributed by atoms with E-state index in [0.717, 1.165) is 7.11 Å². The monoisotopic (exact) mass is 539 g/mol. The molecule has 38 heavy (non-hydrogen) atoms. The predicted octanol–water partition coefficient (Wildman–Crippen LogP) is -0.294. The van der Waals surface area contributed by atoms with Gasteiger partial charge in [0, 0.05) is 24.4 Å². The van der Waals surface area contributed by atoms with Gasteiger partial charge < -0.3 is 60.5 Å². The highest BCUT2D eigenvalue weighted by molar-refractivity contribution is 6.11. The van der Waals surface area contributed by atoms with E-state index in [0.29, 0.717) is 0 Å². The van der Waals surface area contributed by atoms with Gasteiger partial charge in [-0.3, -0.25) is 9.69 Å². The lowest BCUT2D eigenvalue weighted by Gasteiger charge is -2.44. The normalized spacial score (nSPS) is 20.5. The van der Waals surface area contributed by atoms with E-state index in [1.165, 1.54) is 7.11 Å². The minimum atomic E-state index is -3.01. The topological polar surface area (TPSA) is 241 Å². The fraction of sp³-hybridized carbons (Fsp3) is 0.458. The maximum Gasteiger partial charge on any atom is 0.208 e. The first kappa shape index (κ1) is 27.2. The van der Waals surface area contributed by atoms with E-state index in [4.69, 9.17) is 9.47 Å². The van der Waals surface area contributed by atoms with E-state index >= 15 is 0 Å². The van der Waals surface area contributed by atoms with Crippen molar-refractivity contribution in [3.05, 3.63) is 16.7 Å². The summed E-state index contributed by atoms with van der Waals surface area (Å²) >= 11 is 0. The van der Waals surface area contributed by atoms with Crippen LogP contribution in [0.15, 0.2) is 0 Å². The Bertz CT molecular complexity index is 1270. The molecule has 2 aromatic rings. The Kier molecular flexibility index (Phi) is 6.56. The smallest absolute Gasteiger partial charge is 0.208 e. The first-order valence-electron chi connectivity index (χ1n) is 11.5. The van der Waals surface area contributed by atoms with Crippen molar-refractivity contribution in [2.75, 3.05) is 27.3 Å². The number of ether oxygens (including phenoxy) is 2. The summed E-state index contributed by atoms with van der Waals surface area (Å²) in [6.07, 6.45) is -0.732. The number of phenols is 7. The number of aromatic hydroxyl groups is 7. The van der Waals surface area contributed by atoms with Gasteiger partial charge in [0.25, 0.3) is 0 Å². The Morgan fingerprint density at radius 3 is 1.79 bits per heavy atom. The molecule has 2 aliphatic rings. The van der Waals surface area contributed by atoms with Crippen LogP contribution in [0.3, 0.4) is 0 Å². The fourth-order valence-electron chi connectivity index (χ4n) is 5.30. The van der Waals surface area contributed by atoms with Gasteiger partial charge in [0.2, 0.25) is 40.3 Å². The molecule has 0 saturated carbocycles. The number of Topliss-reactive ketones (excluding diaryl/α,β-unsaturated/α-hetero) is 1. The fourth-order valence-corrected chi connectivity index (χ4v) is 5.30. The molecular formula is C24H29NO13. The van der Waals surface area contributed by atoms with Crippen LogP contribution >= 0.6 is 0 Å². The summed E-state index contributed by atoms with van der Waals surface area (Å²) in [5.74, 6) is -12.1. The Morgan fingerprint density at radius 2 is 1.29 bits per heavy atom. The highest BCUT2D eigenvalue weighted by Crippen LogP contribution is 2.55. The Balaban J connectivity index is 1.56. The molecule has 0 aromatic heterocycles. The molecule has 1 aliphatic carbocycles. The lowest BCUT2D eigenvalue weighted by molar-refractivity contribution is -0.287. The number of phenolic OH excluding ortho intramolecular Hbond substituents is 7. The number of nitrogens with zero attached hydrogens (tertiary/aromatic N) is 1. The van der Waals surface area contributed by atoms with Crippen molar-refractivity contribution in [3.8, 4) is 51.7 Å². The third-order valence-corrected chi connectivity index (χ3v) is 7.52. The second-order valence-electron chi connectivity index (χ2n) is 9.48. The molecule has 2 aromatic carbocycles. The molecule has 10 N–H and O–H groups in total. The summed E-state index contributed by atoms with van der Waals surface area (Å²) in [4.78, 5) is 14.9. The number of fused-ring (bicyclic) bond motifs is 1. The first-order chi connectivity index (χ1) is 17.7. The Morgan fingerprint density at radius 1 is 0.816 bits per heavy atom. The maximum absolute atomic E-state index is 13.2. The quantitative estimate of drug-likeness (QED) is 0.129. The molecule has 4 rings (SSSR count). The van der Waals surface area contributed by atoms with Crippen molar-refractivity contribution in [1.82, 2.24) is 4.90 Å². The second kappa shape index (κ2) is 9.16. The number of carbonyl (C=O) groups excluding carboxylic acids is 1. The zero-order valence-corrected chi connectivity index (χ0v) is 20.5. The molecule has 1 aliphatic heterocycles. The van der Waals surface area contributed by atoms with Gasteiger partial charge in [-0.1, -0.05) is 0 Å². The van der Waals surface area contributed by atoms with Crippen LogP contribution in [0.5, 0.6) is 51.7 Å². The largest absolute Gasteiger partial charge is 0.504 e. The molecule has 0 spiro atoms. The Hall–Kier alpha value is -3.85. The summed E-state index contributed by atoms with van der Waals surface area (Å²) in [6, 6.07) is 0. The van der Waals surface area contributed by atoms with Gasteiger partial charge in [-0.05, 0) is 25.9 Å².